The highest BCUT2D eigenvalue weighted by molar-refractivity contribution is 9.10. The third kappa shape index (κ3) is 1.94. The highest BCUT2D eigenvalue weighted by Crippen LogP contribution is 2.24. The van der Waals surface area contributed by atoms with Gasteiger partial charge in [-0.05, 0) is 30.5 Å². The van der Waals surface area contributed by atoms with Gasteiger partial charge in [0.2, 0.25) is 0 Å². The minimum Gasteiger partial charge on any atom is -0.396 e. The molecule has 0 spiro atoms. The van der Waals surface area contributed by atoms with E-state index in [9.17, 15) is 0 Å². The fourth-order valence-corrected chi connectivity index (χ4v) is 2.33. The number of fused-ring (bicyclic) bond motifs is 1. The van der Waals surface area contributed by atoms with Gasteiger partial charge in [-0.25, -0.2) is 0 Å². The third-order valence-corrected chi connectivity index (χ3v) is 3.13. The maximum Gasteiger partial charge on any atom is 0.0493 e. The molecule has 0 atom stereocenters. The number of hydrogen-bond acceptors (Lipinski definition) is 1. The van der Waals surface area contributed by atoms with Crippen molar-refractivity contribution in [1.82, 2.24) is 4.57 Å². The van der Waals surface area contributed by atoms with Crippen LogP contribution in [0, 0.1) is 0 Å². The van der Waals surface area contributed by atoms with Crippen molar-refractivity contribution in [3.8, 4) is 0 Å². The number of halogens is 1. The lowest BCUT2D eigenvalue weighted by Crippen LogP contribution is -2.02. The van der Waals surface area contributed by atoms with Gasteiger partial charge in [0.1, 0.15) is 0 Å². The van der Waals surface area contributed by atoms with Crippen molar-refractivity contribution in [3.63, 3.8) is 0 Å². The molecule has 2 rings (SSSR count). The summed E-state index contributed by atoms with van der Waals surface area (Å²) in [5.74, 6) is 0. The minimum atomic E-state index is 0.206. The summed E-state index contributed by atoms with van der Waals surface area (Å²) in [6.07, 6.45) is 0.722. The van der Waals surface area contributed by atoms with Gasteiger partial charge in [0.05, 0.1) is 0 Å². The van der Waals surface area contributed by atoms with Crippen molar-refractivity contribution >= 4 is 26.8 Å². The van der Waals surface area contributed by atoms with Gasteiger partial charge in [0.15, 0.2) is 0 Å². The molecule has 0 aliphatic heterocycles. The van der Waals surface area contributed by atoms with Gasteiger partial charge in [-0.3, -0.25) is 0 Å². The Hall–Kier alpha value is -0.800. The van der Waals surface area contributed by atoms with Crippen LogP contribution in [0.1, 0.15) is 12.6 Å². The Kier molecular flexibility index (Phi) is 3.12. The van der Waals surface area contributed by atoms with Crippen molar-refractivity contribution < 1.29 is 5.11 Å². The molecule has 0 saturated carbocycles. The molecule has 0 aliphatic carbocycles. The maximum atomic E-state index is 9.00. The summed E-state index contributed by atoms with van der Waals surface area (Å²) in [5, 5.41) is 10.2. The number of nitrogens with zero attached hydrogens (tertiary/aromatic N) is 1. The van der Waals surface area contributed by atoms with Crippen LogP contribution >= 0.6 is 15.9 Å². The molecule has 80 valence electrons. The van der Waals surface area contributed by atoms with Crippen LogP contribution in [0.4, 0.5) is 0 Å². The highest BCUT2D eigenvalue weighted by Gasteiger charge is 2.06. The van der Waals surface area contributed by atoms with Crippen molar-refractivity contribution in [2.24, 2.45) is 0 Å². The Morgan fingerprint density at radius 2 is 2.13 bits per heavy atom. The van der Waals surface area contributed by atoms with E-state index < -0.39 is 0 Å². The second kappa shape index (κ2) is 4.37. The minimum absolute atomic E-state index is 0.206. The van der Waals surface area contributed by atoms with Crippen LogP contribution in [0.25, 0.3) is 10.9 Å². The first-order chi connectivity index (χ1) is 7.26. The van der Waals surface area contributed by atoms with E-state index in [-0.39, 0.29) is 6.61 Å². The number of benzene rings is 1. The summed E-state index contributed by atoms with van der Waals surface area (Å²) in [6.45, 7) is 3.27. The number of aryl methyl sites for hydroxylation is 1. The number of aromatic nitrogens is 1. The quantitative estimate of drug-likeness (QED) is 0.909. The molecule has 0 unspecified atom stereocenters. The lowest BCUT2D eigenvalue weighted by Gasteiger charge is -2.06. The summed E-state index contributed by atoms with van der Waals surface area (Å²) >= 11 is 3.48. The Labute approximate surface area is 97.7 Å². The van der Waals surface area contributed by atoms with Crippen molar-refractivity contribution in [2.75, 3.05) is 6.61 Å². The van der Waals surface area contributed by atoms with Crippen LogP contribution < -0.4 is 0 Å². The van der Waals surface area contributed by atoms with E-state index in [0.717, 1.165) is 17.4 Å². The van der Waals surface area contributed by atoms with Gasteiger partial charge in [-0.1, -0.05) is 22.0 Å². The first kappa shape index (κ1) is 10.7. The van der Waals surface area contributed by atoms with Crippen molar-refractivity contribution in [2.45, 2.75) is 19.9 Å². The lowest BCUT2D eigenvalue weighted by atomic mass is 10.2. The van der Waals surface area contributed by atoms with E-state index in [1.165, 1.54) is 16.6 Å². The molecule has 1 aromatic carbocycles. The average molecular weight is 268 g/mol. The van der Waals surface area contributed by atoms with Crippen molar-refractivity contribution in [3.05, 3.63) is 34.4 Å². The molecule has 0 aliphatic rings. The molecular weight excluding hydrogens is 254 g/mol. The molecule has 1 N–H and O–H groups in total. The molecular formula is C12H14BrNO. The molecule has 1 aromatic heterocycles. The highest BCUT2D eigenvalue weighted by atomic mass is 79.9. The van der Waals surface area contributed by atoms with Crippen molar-refractivity contribution in [1.29, 1.82) is 0 Å². The Morgan fingerprint density at radius 1 is 1.33 bits per heavy atom. The van der Waals surface area contributed by atoms with Gasteiger partial charge in [0, 0.05) is 35.3 Å². The van der Waals surface area contributed by atoms with Crippen LogP contribution in [0.3, 0.4) is 0 Å². The first-order valence-corrected chi connectivity index (χ1v) is 5.94. The Balaban J connectivity index is 2.63. The standard InChI is InChI=1S/C12H14BrNO/c1-2-14-11(5-6-15)7-9-3-4-10(13)8-12(9)14/h3-4,7-8,15H,2,5-6H2,1H3. The Morgan fingerprint density at radius 3 is 2.80 bits per heavy atom. The molecule has 0 bridgehead atoms. The fourth-order valence-electron chi connectivity index (χ4n) is 1.98. The summed E-state index contributed by atoms with van der Waals surface area (Å²) in [5.41, 5.74) is 2.43. The molecule has 2 aromatic rings. The van der Waals surface area contributed by atoms with Gasteiger partial charge >= 0.3 is 0 Å². The summed E-state index contributed by atoms with van der Waals surface area (Å²) in [6, 6.07) is 8.43. The zero-order valence-corrected chi connectivity index (χ0v) is 10.3. The maximum absolute atomic E-state index is 9.00. The number of aliphatic hydroxyl groups is 1. The topological polar surface area (TPSA) is 25.2 Å². The molecule has 2 nitrogen and oxygen atoms in total. The van der Waals surface area contributed by atoms with E-state index in [1.54, 1.807) is 0 Å². The van der Waals surface area contributed by atoms with E-state index in [1.807, 2.05) is 6.07 Å². The molecule has 0 saturated heterocycles. The SMILES string of the molecule is CCn1c(CCO)cc2ccc(Br)cc21. The van der Waals surface area contributed by atoms with Gasteiger partial charge in [-0.2, -0.15) is 0 Å². The normalized spacial score (nSPS) is 11.1. The summed E-state index contributed by atoms with van der Waals surface area (Å²) < 4.78 is 3.34. The van der Waals surface area contributed by atoms with E-state index >= 15 is 0 Å². The second-order valence-electron chi connectivity index (χ2n) is 3.56. The van der Waals surface area contributed by atoms with E-state index in [2.05, 4.69) is 45.6 Å². The molecule has 15 heavy (non-hydrogen) atoms. The third-order valence-electron chi connectivity index (χ3n) is 2.64. The Bertz CT molecular complexity index is 476. The summed E-state index contributed by atoms with van der Waals surface area (Å²) in [7, 11) is 0. The predicted molar refractivity (Wildman–Crippen MR) is 66.1 cm³/mol. The fraction of sp³-hybridized carbons (Fsp3) is 0.333. The molecule has 0 fully saturated rings. The monoisotopic (exact) mass is 267 g/mol. The smallest absolute Gasteiger partial charge is 0.0493 e. The van der Waals surface area contributed by atoms with Gasteiger partial charge < -0.3 is 9.67 Å². The predicted octanol–water partition coefficient (Wildman–Crippen LogP) is 2.96. The van der Waals surface area contributed by atoms with Crippen LogP contribution in [0.5, 0.6) is 0 Å². The largest absolute Gasteiger partial charge is 0.396 e. The first-order valence-electron chi connectivity index (χ1n) is 5.14. The zero-order valence-electron chi connectivity index (χ0n) is 8.70. The van der Waals surface area contributed by atoms with Gasteiger partial charge in [0.25, 0.3) is 0 Å². The zero-order chi connectivity index (χ0) is 10.8. The van der Waals surface area contributed by atoms with E-state index in [4.69, 9.17) is 5.11 Å². The molecule has 0 radical (unpaired) electrons. The molecule has 0 amide bonds. The van der Waals surface area contributed by atoms with Crippen LogP contribution in [-0.2, 0) is 13.0 Å². The average Bonchev–Trinajstić information content (AvgIpc) is 2.55. The number of hydrogen-bond donors (Lipinski definition) is 1. The summed E-state index contributed by atoms with van der Waals surface area (Å²) in [4.78, 5) is 0. The number of rotatable bonds is 3. The second-order valence-corrected chi connectivity index (χ2v) is 4.47. The lowest BCUT2D eigenvalue weighted by molar-refractivity contribution is 0.296. The van der Waals surface area contributed by atoms with Crippen LogP contribution in [0.2, 0.25) is 0 Å². The van der Waals surface area contributed by atoms with E-state index in [0.29, 0.717) is 0 Å². The molecule has 3 heteroatoms. The van der Waals surface area contributed by atoms with Crippen LogP contribution in [0.15, 0.2) is 28.7 Å². The van der Waals surface area contributed by atoms with Crippen LogP contribution in [-0.4, -0.2) is 16.3 Å². The van der Waals surface area contributed by atoms with Gasteiger partial charge in [-0.15, -0.1) is 0 Å². The number of aliphatic hydroxyl groups excluding tert-OH is 1. The molecule has 1 heterocycles.